The molecule has 0 aliphatic carbocycles. The smallest absolute Gasteiger partial charge is 0.251 e. The molecule has 0 bridgehead atoms. The normalized spacial score (nSPS) is 15.8. The van der Waals surface area contributed by atoms with Gasteiger partial charge in [-0.15, -0.1) is 5.10 Å². The minimum absolute atomic E-state index is 0.0213. The Morgan fingerprint density at radius 1 is 1.06 bits per heavy atom. The Labute approximate surface area is 189 Å². The Balaban J connectivity index is 1.38. The lowest BCUT2D eigenvalue weighted by Crippen LogP contribution is -2.52. The van der Waals surface area contributed by atoms with Gasteiger partial charge in [0, 0.05) is 31.2 Å². The van der Waals surface area contributed by atoms with Gasteiger partial charge in [0.1, 0.15) is 5.52 Å². The number of rotatable bonds is 9. The summed E-state index contributed by atoms with van der Waals surface area (Å²) in [5.41, 5.74) is 3.66. The third-order valence-electron chi connectivity index (χ3n) is 6.55. The van der Waals surface area contributed by atoms with Crippen molar-refractivity contribution in [2.24, 2.45) is 5.92 Å². The molecule has 170 valence electrons. The molecule has 2 heterocycles. The molecule has 7 heteroatoms. The number of aromatic nitrogens is 3. The summed E-state index contributed by atoms with van der Waals surface area (Å²) in [5.74, 6) is 0.542. The van der Waals surface area contributed by atoms with Crippen LogP contribution in [0.2, 0.25) is 0 Å². The second-order valence-corrected chi connectivity index (χ2v) is 8.44. The van der Waals surface area contributed by atoms with Crippen LogP contribution >= 0.6 is 0 Å². The lowest BCUT2D eigenvalue weighted by Gasteiger charge is -2.38. The van der Waals surface area contributed by atoms with Gasteiger partial charge in [0.05, 0.1) is 25.3 Å². The largest absolute Gasteiger partial charge is 0.379 e. The van der Waals surface area contributed by atoms with E-state index in [2.05, 4.69) is 34.4 Å². The van der Waals surface area contributed by atoms with E-state index in [1.54, 1.807) is 0 Å². The van der Waals surface area contributed by atoms with Crippen LogP contribution in [0.15, 0.2) is 48.5 Å². The van der Waals surface area contributed by atoms with Gasteiger partial charge in [-0.2, -0.15) is 0 Å². The van der Waals surface area contributed by atoms with E-state index in [1.807, 2.05) is 53.2 Å². The highest BCUT2D eigenvalue weighted by atomic mass is 16.5. The van der Waals surface area contributed by atoms with Gasteiger partial charge in [-0.25, -0.2) is 4.68 Å². The summed E-state index contributed by atoms with van der Waals surface area (Å²) < 4.78 is 7.41. The molecule has 1 atom stereocenters. The van der Waals surface area contributed by atoms with E-state index in [0.717, 1.165) is 55.7 Å². The molecule has 0 spiro atoms. The first-order chi connectivity index (χ1) is 15.7. The zero-order chi connectivity index (χ0) is 22.3. The van der Waals surface area contributed by atoms with Crippen molar-refractivity contribution in [1.82, 2.24) is 25.2 Å². The number of nitrogens with one attached hydrogen (secondary N) is 1. The predicted molar refractivity (Wildman–Crippen MR) is 126 cm³/mol. The number of para-hydroxylation sites is 1. The lowest BCUT2D eigenvalue weighted by molar-refractivity contribution is 0.00191. The summed E-state index contributed by atoms with van der Waals surface area (Å²) in [6.45, 7) is 9.17. The number of amides is 1. The fourth-order valence-electron chi connectivity index (χ4n) is 4.60. The molecule has 1 unspecified atom stereocenters. The third-order valence-corrected chi connectivity index (χ3v) is 6.55. The highest BCUT2D eigenvalue weighted by Crippen LogP contribution is 2.20. The molecule has 32 heavy (non-hydrogen) atoms. The molecule has 1 aliphatic rings. The van der Waals surface area contributed by atoms with Crippen LogP contribution in [0.1, 0.15) is 42.6 Å². The molecule has 7 nitrogen and oxygen atoms in total. The molecule has 0 radical (unpaired) electrons. The molecule has 1 aliphatic heterocycles. The minimum Gasteiger partial charge on any atom is -0.379 e. The fourth-order valence-corrected chi connectivity index (χ4v) is 4.60. The topological polar surface area (TPSA) is 72.3 Å². The van der Waals surface area contributed by atoms with E-state index < -0.39 is 0 Å². The summed E-state index contributed by atoms with van der Waals surface area (Å²) in [5, 5.41) is 11.6. The number of hydrogen-bond donors (Lipinski definition) is 1. The van der Waals surface area contributed by atoms with Gasteiger partial charge in [-0.3, -0.25) is 9.69 Å². The molecular weight excluding hydrogens is 402 g/mol. The van der Waals surface area contributed by atoms with E-state index in [4.69, 9.17) is 4.74 Å². The third kappa shape index (κ3) is 5.16. The van der Waals surface area contributed by atoms with E-state index in [0.29, 0.717) is 30.6 Å². The van der Waals surface area contributed by atoms with Crippen LogP contribution in [0.4, 0.5) is 0 Å². The molecule has 3 aromatic rings. The maximum absolute atomic E-state index is 12.9. The van der Waals surface area contributed by atoms with Crippen LogP contribution in [0, 0.1) is 5.92 Å². The van der Waals surface area contributed by atoms with E-state index >= 15 is 0 Å². The molecule has 0 saturated carbocycles. The van der Waals surface area contributed by atoms with Crippen molar-refractivity contribution in [2.45, 2.75) is 39.3 Å². The maximum atomic E-state index is 12.9. The first-order valence-electron chi connectivity index (χ1n) is 11.7. The van der Waals surface area contributed by atoms with Crippen LogP contribution in [0.5, 0.6) is 0 Å². The molecular formula is C25H33N5O2. The van der Waals surface area contributed by atoms with Gasteiger partial charge in [0.2, 0.25) is 0 Å². The maximum Gasteiger partial charge on any atom is 0.251 e. The first kappa shape index (κ1) is 22.4. The zero-order valence-corrected chi connectivity index (χ0v) is 19.0. The molecule has 1 N–H and O–H groups in total. The number of carbonyl (C=O) groups is 1. The number of benzene rings is 2. The van der Waals surface area contributed by atoms with Gasteiger partial charge in [0.15, 0.2) is 0 Å². The molecule has 4 rings (SSSR count). The quantitative estimate of drug-likeness (QED) is 0.558. The predicted octanol–water partition coefficient (Wildman–Crippen LogP) is 3.35. The van der Waals surface area contributed by atoms with Crippen molar-refractivity contribution in [2.75, 3.05) is 32.8 Å². The first-order valence-corrected chi connectivity index (χ1v) is 11.7. The van der Waals surface area contributed by atoms with Gasteiger partial charge < -0.3 is 10.1 Å². The second kappa shape index (κ2) is 10.7. The minimum atomic E-state index is -0.0213. The van der Waals surface area contributed by atoms with Crippen molar-refractivity contribution < 1.29 is 9.53 Å². The Bertz CT molecular complexity index is 1010. The number of carbonyl (C=O) groups excluding carboxylic acids is 1. The van der Waals surface area contributed by atoms with Gasteiger partial charge >= 0.3 is 0 Å². The molecule has 2 aromatic carbocycles. The van der Waals surface area contributed by atoms with Crippen molar-refractivity contribution in [3.05, 3.63) is 59.7 Å². The highest BCUT2D eigenvalue weighted by Gasteiger charge is 2.27. The molecule has 1 saturated heterocycles. The van der Waals surface area contributed by atoms with Crippen LogP contribution in [-0.4, -0.2) is 64.7 Å². The Morgan fingerprint density at radius 3 is 2.50 bits per heavy atom. The SMILES string of the molecule is CCC(CC)C(CNC(=O)c1ccc(Cn2nnc3ccccc32)cc1)N1CCOCC1. The lowest BCUT2D eigenvalue weighted by atomic mass is 9.92. The number of fused-ring (bicyclic) bond motifs is 1. The van der Waals surface area contributed by atoms with Crippen LogP contribution in [0.3, 0.4) is 0 Å². The Kier molecular flexibility index (Phi) is 7.50. The Morgan fingerprint density at radius 2 is 1.78 bits per heavy atom. The van der Waals surface area contributed by atoms with Crippen molar-refractivity contribution >= 4 is 16.9 Å². The molecule has 1 amide bonds. The van der Waals surface area contributed by atoms with Gasteiger partial charge in [0.25, 0.3) is 5.91 Å². The summed E-state index contributed by atoms with van der Waals surface area (Å²) in [6, 6.07) is 16.0. The average Bonchev–Trinajstić information content (AvgIpc) is 3.25. The van der Waals surface area contributed by atoms with E-state index in [9.17, 15) is 4.79 Å². The van der Waals surface area contributed by atoms with Gasteiger partial charge in [-0.05, 0) is 35.7 Å². The Hall–Kier alpha value is -2.77. The summed E-state index contributed by atoms with van der Waals surface area (Å²) in [7, 11) is 0. The number of ether oxygens (including phenoxy) is 1. The zero-order valence-electron chi connectivity index (χ0n) is 19.0. The van der Waals surface area contributed by atoms with E-state index in [-0.39, 0.29) is 5.91 Å². The second-order valence-electron chi connectivity index (χ2n) is 8.44. The molecule has 1 fully saturated rings. The number of morpholine rings is 1. The summed E-state index contributed by atoms with van der Waals surface area (Å²) in [4.78, 5) is 15.3. The van der Waals surface area contributed by atoms with E-state index in [1.165, 1.54) is 0 Å². The number of nitrogens with zero attached hydrogens (tertiary/aromatic N) is 4. The van der Waals surface area contributed by atoms with Crippen molar-refractivity contribution in [3.63, 3.8) is 0 Å². The summed E-state index contributed by atoms with van der Waals surface area (Å²) in [6.07, 6.45) is 2.22. The van der Waals surface area contributed by atoms with Crippen LogP contribution < -0.4 is 5.32 Å². The highest BCUT2D eigenvalue weighted by molar-refractivity contribution is 5.94. The monoisotopic (exact) mass is 435 g/mol. The van der Waals surface area contributed by atoms with Crippen LogP contribution in [-0.2, 0) is 11.3 Å². The fraction of sp³-hybridized carbons (Fsp3) is 0.480. The average molecular weight is 436 g/mol. The van der Waals surface area contributed by atoms with Gasteiger partial charge in [-0.1, -0.05) is 56.2 Å². The van der Waals surface area contributed by atoms with Crippen LogP contribution in [0.25, 0.3) is 11.0 Å². The van der Waals surface area contributed by atoms with Crippen molar-refractivity contribution in [3.8, 4) is 0 Å². The number of hydrogen-bond acceptors (Lipinski definition) is 5. The van der Waals surface area contributed by atoms with Crippen molar-refractivity contribution in [1.29, 1.82) is 0 Å². The summed E-state index contributed by atoms with van der Waals surface area (Å²) >= 11 is 0. The standard InChI is InChI=1S/C25H33N5O2/c1-3-20(4-2)24(29-13-15-32-16-14-29)17-26-25(31)21-11-9-19(10-12-21)18-30-23-8-6-5-7-22(23)27-28-30/h5-12,20,24H,3-4,13-18H2,1-2H3,(H,26,31). The molecule has 1 aromatic heterocycles.